The standard InChI is InChI=1S/C19H20N6.C2HF3O2/c1-12-19(24-13-5-4-8-21-10-13)22-11-17(23-12)18-14-6-2-3-7-15(14)25-16(18)9-20;3-2(4,5)1(6)7/h2-3,6-7,11,13,21,25H,4-5,8,10H2,1H3,(H,22,24);(H,6,7). The molecule has 1 atom stereocenters. The molecule has 2 aromatic heterocycles. The summed E-state index contributed by atoms with van der Waals surface area (Å²) in [6.07, 6.45) is -1.03. The number of nitrogens with zero attached hydrogens (tertiary/aromatic N) is 3. The Kier molecular flexibility index (Phi) is 6.95. The number of nitrogens with one attached hydrogen (secondary N) is 3. The van der Waals surface area contributed by atoms with Crippen LogP contribution in [0.3, 0.4) is 0 Å². The van der Waals surface area contributed by atoms with Crippen molar-refractivity contribution >= 4 is 22.7 Å². The molecular weight excluding hydrogens is 425 g/mol. The smallest absolute Gasteiger partial charge is 0.475 e. The minimum absolute atomic E-state index is 0.385. The summed E-state index contributed by atoms with van der Waals surface area (Å²) in [5, 5.41) is 24.5. The number of anilines is 1. The summed E-state index contributed by atoms with van der Waals surface area (Å²) in [6, 6.07) is 10.5. The van der Waals surface area contributed by atoms with Crippen LogP contribution in [0.15, 0.2) is 30.5 Å². The van der Waals surface area contributed by atoms with Gasteiger partial charge in [-0.15, -0.1) is 0 Å². The molecule has 1 aliphatic heterocycles. The molecule has 0 radical (unpaired) electrons. The number of H-pyrrole nitrogens is 1. The molecule has 11 heteroatoms. The Morgan fingerprint density at radius 1 is 1.34 bits per heavy atom. The molecule has 1 saturated heterocycles. The van der Waals surface area contributed by atoms with Crippen molar-refractivity contribution in [1.29, 1.82) is 5.26 Å². The lowest BCUT2D eigenvalue weighted by Gasteiger charge is -2.24. The number of fused-ring (bicyclic) bond motifs is 1. The predicted octanol–water partition coefficient (Wildman–Crippen LogP) is 3.60. The summed E-state index contributed by atoms with van der Waals surface area (Å²) in [5.41, 5.74) is 3.84. The minimum Gasteiger partial charge on any atom is -0.475 e. The van der Waals surface area contributed by atoms with Crippen LogP contribution in [0.4, 0.5) is 19.0 Å². The maximum Gasteiger partial charge on any atom is 0.490 e. The van der Waals surface area contributed by atoms with Gasteiger partial charge in [0.2, 0.25) is 0 Å². The predicted molar refractivity (Wildman–Crippen MR) is 112 cm³/mol. The molecule has 0 amide bonds. The second kappa shape index (κ2) is 9.65. The first kappa shape index (κ1) is 23.0. The Morgan fingerprint density at radius 2 is 2.06 bits per heavy atom. The number of benzene rings is 1. The number of aromatic nitrogens is 3. The lowest BCUT2D eigenvalue weighted by Crippen LogP contribution is -2.38. The van der Waals surface area contributed by atoms with E-state index in [1.54, 1.807) is 6.20 Å². The fourth-order valence-corrected chi connectivity index (χ4v) is 3.40. The summed E-state index contributed by atoms with van der Waals surface area (Å²) in [4.78, 5) is 21.4. The first-order valence-corrected chi connectivity index (χ1v) is 9.83. The van der Waals surface area contributed by atoms with E-state index < -0.39 is 12.1 Å². The monoisotopic (exact) mass is 446 g/mol. The first-order chi connectivity index (χ1) is 15.2. The van der Waals surface area contributed by atoms with E-state index in [1.807, 2.05) is 31.2 Å². The van der Waals surface area contributed by atoms with Crippen molar-refractivity contribution in [2.75, 3.05) is 18.4 Å². The largest absolute Gasteiger partial charge is 0.490 e. The molecule has 8 nitrogen and oxygen atoms in total. The third-order valence-electron chi connectivity index (χ3n) is 4.90. The molecule has 0 spiro atoms. The second-order valence-corrected chi connectivity index (χ2v) is 7.21. The number of alkyl halides is 3. The summed E-state index contributed by atoms with van der Waals surface area (Å²) >= 11 is 0. The number of carboxylic acids is 1. The Bertz CT molecular complexity index is 1150. The van der Waals surface area contributed by atoms with Crippen molar-refractivity contribution < 1.29 is 23.1 Å². The number of aromatic amines is 1. The third-order valence-corrected chi connectivity index (χ3v) is 4.90. The van der Waals surface area contributed by atoms with Gasteiger partial charge >= 0.3 is 12.1 Å². The molecule has 0 saturated carbocycles. The van der Waals surface area contributed by atoms with Crippen LogP contribution in [0.1, 0.15) is 24.2 Å². The molecule has 1 fully saturated rings. The quantitative estimate of drug-likeness (QED) is 0.484. The number of aryl methyl sites for hydroxylation is 1. The van der Waals surface area contributed by atoms with Crippen molar-refractivity contribution in [2.24, 2.45) is 0 Å². The number of para-hydroxylation sites is 1. The van der Waals surface area contributed by atoms with Crippen molar-refractivity contribution in [3.63, 3.8) is 0 Å². The Morgan fingerprint density at radius 3 is 2.66 bits per heavy atom. The summed E-state index contributed by atoms with van der Waals surface area (Å²) < 4.78 is 31.7. The number of hydrogen-bond donors (Lipinski definition) is 4. The van der Waals surface area contributed by atoms with Crippen molar-refractivity contribution in [3.8, 4) is 17.3 Å². The molecule has 3 aromatic rings. The van der Waals surface area contributed by atoms with Crippen LogP contribution >= 0.6 is 0 Å². The summed E-state index contributed by atoms with van der Waals surface area (Å²) in [6.45, 7) is 3.99. The van der Waals surface area contributed by atoms with E-state index in [9.17, 15) is 18.4 Å². The summed E-state index contributed by atoms with van der Waals surface area (Å²) in [7, 11) is 0. The number of nitriles is 1. The van der Waals surface area contributed by atoms with Crippen LogP contribution in [-0.2, 0) is 4.79 Å². The zero-order chi connectivity index (χ0) is 23.3. The highest BCUT2D eigenvalue weighted by molar-refractivity contribution is 5.97. The van der Waals surface area contributed by atoms with Gasteiger partial charge in [-0.2, -0.15) is 18.4 Å². The lowest BCUT2D eigenvalue weighted by molar-refractivity contribution is -0.192. The zero-order valence-corrected chi connectivity index (χ0v) is 17.1. The van der Waals surface area contributed by atoms with Gasteiger partial charge in [0.25, 0.3) is 0 Å². The number of carboxylic acid groups (broad SMARTS) is 1. The Labute approximate surface area is 181 Å². The highest BCUT2D eigenvalue weighted by Crippen LogP contribution is 2.31. The number of halogens is 3. The molecule has 168 valence electrons. The van der Waals surface area contributed by atoms with Gasteiger partial charge in [0.15, 0.2) is 0 Å². The van der Waals surface area contributed by atoms with Crippen LogP contribution in [0.5, 0.6) is 0 Å². The molecule has 0 bridgehead atoms. The molecule has 4 rings (SSSR count). The molecule has 1 unspecified atom stereocenters. The Balaban J connectivity index is 0.000000360. The lowest BCUT2D eigenvalue weighted by atomic mass is 10.1. The summed E-state index contributed by atoms with van der Waals surface area (Å²) in [5.74, 6) is -1.94. The number of carbonyl (C=O) groups is 1. The molecule has 1 aromatic carbocycles. The van der Waals surface area contributed by atoms with Crippen molar-refractivity contribution in [1.82, 2.24) is 20.3 Å². The van der Waals surface area contributed by atoms with Crippen LogP contribution in [-0.4, -0.2) is 51.3 Å². The molecular formula is C21H21F3N6O2. The fraction of sp³-hybridized carbons (Fsp3) is 0.333. The normalized spacial score (nSPS) is 16.0. The van der Waals surface area contributed by atoms with E-state index in [0.29, 0.717) is 11.7 Å². The van der Waals surface area contributed by atoms with Crippen molar-refractivity contribution in [3.05, 3.63) is 41.9 Å². The molecule has 0 aliphatic carbocycles. The van der Waals surface area contributed by atoms with E-state index in [0.717, 1.165) is 53.2 Å². The average molecular weight is 446 g/mol. The van der Waals surface area contributed by atoms with Gasteiger partial charge in [0.1, 0.15) is 17.6 Å². The van der Waals surface area contributed by atoms with Crippen LogP contribution in [0, 0.1) is 18.3 Å². The Hall–Kier alpha value is -3.65. The van der Waals surface area contributed by atoms with Crippen LogP contribution < -0.4 is 10.6 Å². The molecule has 3 heterocycles. The highest BCUT2D eigenvalue weighted by atomic mass is 19.4. The molecule has 1 aliphatic rings. The van der Waals surface area contributed by atoms with Gasteiger partial charge in [-0.05, 0) is 32.4 Å². The van der Waals surface area contributed by atoms with E-state index in [1.165, 1.54) is 6.42 Å². The average Bonchev–Trinajstić information content (AvgIpc) is 3.14. The highest BCUT2D eigenvalue weighted by Gasteiger charge is 2.38. The second-order valence-electron chi connectivity index (χ2n) is 7.21. The number of rotatable bonds is 3. The number of aliphatic carboxylic acids is 1. The topological polar surface area (TPSA) is 127 Å². The zero-order valence-electron chi connectivity index (χ0n) is 17.1. The SMILES string of the molecule is Cc1nc(-c2c(C#N)[nH]c3ccccc23)cnc1NC1CCCNC1.O=C(O)C(F)(F)F. The van der Waals surface area contributed by atoms with Gasteiger partial charge in [-0.1, -0.05) is 18.2 Å². The van der Waals surface area contributed by atoms with Crippen molar-refractivity contribution in [2.45, 2.75) is 32.0 Å². The number of piperidine rings is 1. The number of hydrogen-bond acceptors (Lipinski definition) is 6. The van der Waals surface area contributed by atoms with Gasteiger partial charge < -0.3 is 20.7 Å². The van der Waals surface area contributed by atoms with E-state index in [2.05, 4.69) is 26.7 Å². The van der Waals surface area contributed by atoms with Gasteiger partial charge in [-0.3, -0.25) is 0 Å². The van der Waals surface area contributed by atoms with E-state index >= 15 is 0 Å². The first-order valence-electron chi connectivity index (χ1n) is 9.83. The molecule has 32 heavy (non-hydrogen) atoms. The van der Waals surface area contributed by atoms with Crippen LogP contribution in [0.25, 0.3) is 22.2 Å². The maximum atomic E-state index is 10.6. The van der Waals surface area contributed by atoms with Gasteiger partial charge in [0.05, 0.1) is 17.6 Å². The fourth-order valence-electron chi connectivity index (χ4n) is 3.40. The van der Waals surface area contributed by atoms with E-state index in [-0.39, 0.29) is 0 Å². The van der Waals surface area contributed by atoms with Gasteiger partial charge in [0, 0.05) is 29.1 Å². The van der Waals surface area contributed by atoms with Gasteiger partial charge in [-0.25, -0.2) is 14.8 Å². The minimum atomic E-state index is -5.08. The third kappa shape index (κ3) is 5.33. The maximum absolute atomic E-state index is 10.6. The van der Waals surface area contributed by atoms with E-state index in [4.69, 9.17) is 14.9 Å². The molecule has 4 N–H and O–H groups in total. The van der Waals surface area contributed by atoms with Crippen LogP contribution in [0.2, 0.25) is 0 Å².